The molecule has 29 heavy (non-hydrogen) atoms. The molecule has 1 atom stereocenters. The van der Waals surface area contributed by atoms with Gasteiger partial charge < -0.3 is 15.0 Å². The molecule has 2 aromatic carbocycles. The molecule has 1 unspecified atom stereocenters. The zero-order valence-electron chi connectivity index (χ0n) is 16.7. The summed E-state index contributed by atoms with van der Waals surface area (Å²) in [5.41, 5.74) is 4.64. The zero-order chi connectivity index (χ0) is 20.0. The van der Waals surface area contributed by atoms with Crippen molar-refractivity contribution in [2.24, 2.45) is 0 Å². The van der Waals surface area contributed by atoms with E-state index in [1.165, 1.54) is 11.3 Å². The van der Waals surface area contributed by atoms with Crippen molar-refractivity contribution in [3.05, 3.63) is 59.4 Å². The second-order valence-electron chi connectivity index (χ2n) is 8.02. The lowest BCUT2D eigenvalue weighted by Crippen LogP contribution is -2.43. The highest BCUT2D eigenvalue weighted by Crippen LogP contribution is 2.44. The molecule has 1 aromatic heterocycles. The Hall–Kier alpha value is -2.50. The number of nitrogens with zero attached hydrogens (tertiary/aromatic N) is 3. The topological polar surface area (TPSA) is 42.3 Å². The fourth-order valence-corrected chi connectivity index (χ4v) is 4.28. The first-order valence-corrected chi connectivity index (χ1v) is 10.6. The van der Waals surface area contributed by atoms with Gasteiger partial charge in [0.1, 0.15) is 11.5 Å². The predicted octanol–water partition coefficient (Wildman–Crippen LogP) is 4.91. The summed E-state index contributed by atoms with van der Waals surface area (Å²) in [5, 5.41) is 8.58. The maximum absolute atomic E-state index is 6.48. The third-order valence-corrected chi connectivity index (χ3v) is 6.39. The average molecular weight is 409 g/mol. The van der Waals surface area contributed by atoms with Crippen LogP contribution in [-0.4, -0.2) is 36.0 Å². The number of rotatable bonds is 4. The van der Waals surface area contributed by atoms with E-state index in [9.17, 15) is 0 Å². The molecule has 0 amide bonds. The van der Waals surface area contributed by atoms with E-state index >= 15 is 0 Å². The maximum Gasteiger partial charge on any atom is 0.140 e. The molecule has 1 fully saturated rings. The van der Waals surface area contributed by atoms with Crippen LogP contribution in [0.1, 0.15) is 24.9 Å². The summed E-state index contributed by atoms with van der Waals surface area (Å²) in [6.07, 6.45) is 6.17. The van der Waals surface area contributed by atoms with Crippen LogP contribution in [-0.2, 0) is 6.42 Å². The minimum atomic E-state index is 0.436. The second kappa shape index (κ2) is 7.39. The lowest BCUT2D eigenvalue weighted by Gasteiger charge is -2.35. The van der Waals surface area contributed by atoms with Gasteiger partial charge in [0, 0.05) is 59.8 Å². The standard InChI is InChI=1S/C23H25ClN4O/c1-15-6-7-21-22(27(15)2)9-8-20(16-11-26-28(14-16)18-12-25-13-18)23(21)29-19-5-3-4-17(24)10-19/h3-5,8-11,14-15,18,25H,6-7,12-13H2,1-2H3. The highest BCUT2D eigenvalue weighted by Gasteiger charge is 2.27. The van der Waals surface area contributed by atoms with Crippen LogP contribution in [0.2, 0.25) is 5.02 Å². The van der Waals surface area contributed by atoms with Crippen molar-refractivity contribution in [2.75, 3.05) is 25.0 Å². The van der Waals surface area contributed by atoms with Crippen molar-refractivity contribution in [1.29, 1.82) is 0 Å². The number of anilines is 1. The fourth-order valence-electron chi connectivity index (χ4n) is 4.10. The third-order valence-electron chi connectivity index (χ3n) is 6.15. The number of hydrogen-bond acceptors (Lipinski definition) is 4. The van der Waals surface area contributed by atoms with Crippen molar-refractivity contribution in [1.82, 2.24) is 15.1 Å². The minimum absolute atomic E-state index is 0.436. The largest absolute Gasteiger partial charge is 0.456 e. The number of benzene rings is 2. The van der Waals surface area contributed by atoms with Crippen LogP contribution in [0.15, 0.2) is 48.8 Å². The van der Waals surface area contributed by atoms with Crippen molar-refractivity contribution < 1.29 is 4.74 Å². The molecular weight excluding hydrogens is 384 g/mol. The van der Waals surface area contributed by atoms with Crippen LogP contribution in [0.4, 0.5) is 5.69 Å². The molecule has 0 radical (unpaired) electrons. The molecule has 0 saturated carbocycles. The molecule has 1 saturated heterocycles. The number of aromatic nitrogens is 2. The van der Waals surface area contributed by atoms with Crippen LogP contribution in [0.5, 0.6) is 11.5 Å². The molecule has 5 nitrogen and oxygen atoms in total. The van der Waals surface area contributed by atoms with Gasteiger partial charge in [-0.15, -0.1) is 0 Å². The van der Waals surface area contributed by atoms with E-state index < -0.39 is 0 Å². The second-order valence-corrected chi connectivity index (χ2v) is 8.46. The lowest BCUT2D eigenvalue weighted by atomic mass is 9.93. The van der Waals surface area contributed by atoms with Gasteiger partial charge in [-0.2, -0.15) is 5.10 Å². The predicted molar refractivity (Wildman–Crippen MR) is 117 cm³/mol. The van der Waals surface area contributed by atoms with E-state index in [2.05, 4.69) is 52.3 Å². The van der Waals surface area contributed by atoms with Crippen LogP contribution >= 0.6 is 11.6 Å². The Kier molecular flexibility index (Phi) is 4.72. The molecule has 3 heterocycles. The first kappa shape index (κ1) is 18.5. The number of halogens is 1. The van der Waals surface area contributed by atoms with Crippen molar-refractivity contribution >= 4 is 17.3 Å². The zero-order valence-corrected chi connectivity index (χ0v) is 17.5. The molecule has 0 bridgehead atoms. The van der Waals surface area contributed by atoms with Gasteiger partial charge in [-0.1, -0.05) is 17.7 Å². The molecule has 0 aliphatic carbocycles. The molecule has 2 aliphatic rings. The molecular formula is C23H25ClN4O. The molecule has 3 aromatic rings. The molecule has 1 N–H and O–H groups in total. The van der Waals surface area contributed by atoms with E-state index in [4.69, 9.17) is 16.3 Å². The highest BCUT2D eigenvalue weighted by molar-refractivity contribution is 6.30. The van der Waals surface area contributed by atoms with Gasteiger partial charge in [0.15, 0.2) is 0 Å². The number of hydrogen-bond donors (Lipinski definition) is 1. The van der Waals surface area contributed by atoms with E-state index in [0.717, 1.165) is 48.6 Å². The molecule has 0 spiro atoms. The van der Waals surface area contributed by atoms with E-state index in [-0.39, 0.29) is 0 Å². The number of nitrogens with one attached hydrogen (secondary N) is 1. The summed E-state index contributed by atoms with van der Waals surface area (Å²) in [4.78, 5) is 2.34. The summed E-state index contributed by atoms with van der Waals surface area (Å²) >= 11 is 6.21. The first-order chi connectivity index (χ1) is 14.1. The Labute approximate surface area is 176 Å². The Morgan fingerprint density at radius 2 is 2.07 bits per heavy atom. The van der Waals surface area contributed by atoms with Gasteiger partial charge in [0.05, 0.1) is 12.2 Å². The summed E-state index contributed by atoms with van der Waals surface area (Å²) in [6.45, 7) is 4.21. The van der Waals surface area contributed by atoms with Gasteiger partial charge in [0.25, 0.3) is 0 Å². The van der Waals surface area contributed by atoms with Gasteiger partial charge in [0.2, 0.25) is 0 Å². The van der Waals surface area contributed by atoms with Crippen molar-refractivity contribution in [2.45, 2.75) is 31.8 Å². The molecule has 2 aliphatic heterocycles. The Morgan fingerprint density at radius 1 is 1.21 bits per heavy atom. The quantitative estimate of drug-likeness (QED) is 0.666. The van der Waals surface area contributed by atoms with Gasteiger partial charge >= 0.3 is 0 Å². The number of ether oxygens (including phenoxy) is 1. The summed E-state index contributed by atoms with van der Waals surface area (Å²) in [6, 6.07) is 12.9. The fraction of sp³-hybridized carbons (Fsp3) is 0.348. The van der Waals surface area contributed by atoms with E-state index in [1.807, 2.05) is 30.5 Å². The normalized spacial score (nSPS) is 19.0. The number of fused-ring (bicyclic) bond motifs is 1. The molecule has 6 heteroatoms. The lowest BCUT2D eigenvalue weighted by molar-refractivity contribution is 0.318. The summed E-state index contributed by atoms with van der Waals surface area (Å²) in [7, 11) is 2.16. The minimum Gasteiger partial charge on any atom is -0.456 e. The van der Waals surface area contributed by atoms with Crippen LogP contribution in [0, 0.1) is 0 Å². The SMILES string of the molecule is CC1CCc2c(ccc(-c3cnn(C4CNC4)c3)c2Oc2cccc(Cl)c2)N1C. The van der Waals surface area contributed by atoms with Gasteiger partial charge in [-0.25, -0.2) is 0 Å². The van der Waals surface area contributed by atoms with Crippen LogP contribution in [0.25, 0.3) is 11.1 Å². The highest BCUT2D eigenvalue weighted by atomic mass is 35.5. The van der Waals surface area contributed by atoms with Crippen molar-refractivity contribution in [3.63, 3.8) is 0 Å². The Morgan fingerprint density at radius 3 is 2.83 bits per heavy atom. The molecule has 5 rings (SSSR count). The first-order valence-electron chi connectivity index (χ1n) is 10.2. The third kappa shape index (κ3) is 3.38. The average Bonchev–Trinajstić information content (AvgIpc) is 3.13. The van der Waals surface area contributed by atoms with E-state index in [1.54, 1.807) is 0 Å². The van der Waals surface area contributed by atoms with Gasteiger partial charge in [-0.05, 0) is 50.1 Å². The Balaban J connectivity index is 1.61. The van der Waals surface area contributed by atoms with Gasteiger partial charge in [-0.3, -0.25) is 4.68 Å². The summed E-state index contributed by atoms with van der Waals surface area (Å²) in [5.74, 6) is 1.67. The molecule has 150 valence electrons. The summed E-state index contributed by atoms with van der Waals surface area (Å²) < 4.78 is 8.53. The monoisotopic (exact) mass is 408 g/mol. The smallest absolute Gasteiger partial charge is 0.140 e. The van der Waals surface area contributed by atoms with Crippen LogP contribution < -0.4 is 15.0 Å². The van der Waals surface area contributed by atoms with E-state index in [0.29, 0.717) is 17.1 Å². The Bertz CT molecular complexity index is 1040. The maximum atomic E-state index is 6.48. The van der Waals surface area contributed by atoms with Crippen LogP contribution in [0.3, 0.4) is 0 Å². The van der Waals surface area contributed by atoms with Crippen molar-refractivity contribution in [3.8, 4) is 22.6 Å².